The third kappa shape index (κ3) is 5.64. The number of carbonyl (C=O) groups is 1. The van der Waals surface area contributed by atoms with E-state index >= 15 is 0 Å². The number of benzene rings is 1. The first-order chi connectivity index (χ1) is 12.1. The molecule has 0 saturated heterocycles. The van der Waals surface area contributed by atoms with Crippen LogP contribution in [0, 0.1) is 0 Å². The minimum Gasteiger partial charge on any atom is -0.493 e. The average molecular weight is 340 g/mol. The zero-order chi connectivity index (χ0) is 18.1. The number of rotatable bonds is 8. The Labute approximate surface area is 148 Å². The van der Waals surface area contributed by atoms with Gasteiger partial charge in [-0.15, -0.1) is 0 Å². The molecule has 1 aromatic heterocycles. The standard InChI is InChI=1S/C20H24N2O3/c1-4-5-15(2)20(23)22-13-17-6-7-18(19(12-17)24-3)25-14-16-8-10-21-11-9-16/h5-12H,4,13-14H2,1-3H3,(H,22,23). The molecule has 0 unspecified atom stereocenters. The van der Waals surface area contributed by atoms with E-state index in [0.29, 0.717) is 24.7 Å². The number of hydrogen-bond acceptors (Lipinski definition) is 4. The number of amides is 1. The normalized spacial score (nSPS) is 11.1. The molecule has 0 aliphatic rings. The summed E-state index contributed by atoms with van der Waals surface area (Å²) in [6.45, 7) is 4.70. The largest absolute Gasteiger partial charge is 0.493 e. The SMILES string of the molecule is CCC=C(C)C(=O)NCc1ccc(OCc2ccncc2)c(OC)c1. The van der Waals surface area contributed by atoms with Gasteiger partial charge in [0.05, 0.1) is 7.11 Å². The predicted molar refractivity (Wildman–Crippen MR) is 97.5 cm³/mol. The van der Waals surface area contributed by atoms with Gasteiger partial charge in [-0.2, -0.15) is 0 Å². The van der Waals surface area contributed by atoms with Crippen LogP contribution in [0.2, 0.25) is 0 Å². The summed E-state index contributed by atoms with van der Waals surface area (Å²) >= 11 is 0. The van der Waals surface area contributed by atoms with Gasteiger partial charge in [-0.05, 0) is 48.7 Å². The van der Waals surface area contributed by atoms with Gasteiger partial charge in [0.15, 0.2) is 11.5 Å². The van der Waals surface area contributed by atoms with Gasteiger partial charge in [-0.3, -0.25) is 9.78 Å². The molecule has 1 amide bonds. The molecule has 0 fully saturated rings. The average Bonchev–Trinajstić information content (AvgIpc) is 2.65. The number of nitrogens with zero attached hydrogens (tertiary/aromatic N) is 1. The van der Waals surface area contributed by atoms with Crippen LogP contribution in [0.4, 0.5) is 0 Å². The maximum atomic E-state index is 11.9. The highest BCUT2D eigenvalue weighted by molar-refractivity contribution is 5.92. The van der Waals surface area contributed by atoms with Crippen molar-refractivity contribution in [3.63, 3.8) is 0 Å². The molecule has 0 saturated carbocycles. The first-order valence-corrected chi connectivity index (χ1v) is 8.27. The number of pyridine rings is 1. The van der Waals surface area contributed by atoms with Gasteiger partial charge >= 0.3 is 0 Å². The first kappa shape index (κ1) is 18.5. The summed E-state index contributed by atoms with van der Waals surface area (Å²) in [6.07, 6.45) is 6.22. The van der Waals surface area contributed by atoms with Crippen LogP contribution in [0.5, 0.6) is 11.5 Å². The van der Waals surface area contributed by atoms with E-state index in [-0.39, 0.29) is 5.91 Å². The van der Waals surface area contributed by atoms with E-state index in [1.54, 1.807) is 19.5 Å². The molecule has 0 aliphatic carbocycles. The molecule has 25 heavy (non-hydrogen) atoms. The lowest BCUT2D eigenvalue weighted by molar-refractivity contribution is -0.117. The van der Waals surface area contributed by atoms with Crippen LogP contribution in [0.3, 0.4) is 0 Å². The number of carbonyl (C=O) groups excluding carboxylic acids is 1. The lowest BCUT2D eigenvalue weighted by atomic mass is 10.2. The van der Waals surface area contributed by atoms with Gasteiger partial charge in [0, 0.05) is 24.5 Å². The van der Waals surface area contributed by atoms with Crippen molar-refractivity contribution in [2.75, 3.05) is 7.11 Å². The molecule has 2 rings (SSSR count). The highest BCUT2D eigenvalue weighted by Gasteiger charge is 2.08. The second-order valence-electron chi connectivity index (χ2n) is 5.61. The zero-order valence-corrected chi connectivity index (χ0v) is 14.9. The summed E-state index contributed by atoms with van der Waals surface area (Å²) in [4.78, 5) is 15.9. The van der Waals surface area contributed by atoms with Crippen LogP contribution in [-0.2, 0) is 17.9 Å². The van der Waals surface area contributed by atoms with Crippen LogP contribution in [-0.4, -0.2) is 18.0 Å². The molecule has 1 aromatic carbocycles. The fraction of sp³-hybridized carbons (Fsp3) is 0.300. The van der Waals surface area contributed by atoms with Crippen molar-refractivity contribution in [3.05, 3.63) is 65.5 Å². The van der Waals surface area contributed by atoms with Crippen LogP contribution in [0.25, 0.3) is 0 Å². The molecule has 0 spiro atoms. The molecule has 0 aliphatic heterocycles. The quantitative estimate of drug-likeness (QED) is 0.745. The molecular formula is C20H24N2O3. The Kier molecular flexibility index (Phi) is 7.01. The Hall–Kier alpha value is -2.82. The molecular weight excluding hydrogens is 316 g/mol. The van der Waals surface area contributed by atoms with E-state index in [1.165, 1.54) is 0 Å². The van der Waals surface area contributed by atoms with E-state index in [4.69, 9.17) is 9.47 Å². The van der Waals surface area contributed by atoms with Crippen molar-refractivity contribution in [3.8, 4) is 11.5 Å². The monoisotopic (exact) mass is 340 g/mol. The molecule has 0 atom stereocenters. The fourth-order valence-corrected chi connectivity index (χ4v) is 2.30. The van der Waals surface area contributed by atoms with Gasteiger partial charge in [0.25, 0.3) is 0 Å². The smallest absolute Gasteiger partial charge is 0.246 e. The Bertz CT molecular complexity index is 727. The van der Waals surface area contributed by atoms with Gasteiger partial charge in [-0.25, -0.2) is 0 Å². The molecule has 5 nitrogen and oxygen atoms in total. The van der Waals surface area contributed by atoms with Crippen molar-refractivity contribution in [1.82, 2.24) is 10.3 Å². The van der Waals surface area contributed by atoms with E-state index in [9.17, 15) is 4.79 Å². The maximum absolute atomic E-state index is 11.9. The van der Waals surface area contributed by atoms with E-state index in [0.717, 1.165) is 23.1 Å². The van der Waals surface area contributed by atoms with E-state index in [1.807, 2.05) is 50.3 Å². The summed E-state index contributed by atoms with van der Waals surface area (Å²) in [5, 5.41) is 2.90. The Morgan fingerprint density at radius 1 is 1.16 bits per heavy atom. The summed E-state index contributed by atoms with van der Waals surface area (Å²) in [7, 11) is 1.60. The molecule has 2 aromatic rings. The van der Waals surface area contributed by atoms with E-state index < -0.39 is 0 Å². The molecule has 0 bridgehead atoms. The molecule has 132 valence electrons. The highest BCUT2D eigenvalue weighted by atomic mass is 16.5. The minimum absolute atomic E-state index is 0.0566. The zero-order valence-electron chi connectivity index (χ0n) is 14.9. The van der Waals surface area contributed by atoms with Crippen LogP contribution < -0.4 is 14.8 Å². The van der Waals surface area contributed by atoms with Gasteiger partial charge in [0.1, 0.15) is 6.61 Å². The highest BCUT2D eigenvalue weighted by Crippen LogP contribution is 2.28. The predicted octanol–water partition coefficient (Wildman–Crippen LogP) is 3.64. The third-order valence-corrected chi connectivity index (χ3v) is 3.69. The molecule has 1 N–H and O–H groups in total. The Morgan fingerprint density at radius 3 is 2.60 bits per heavy atom. The molecule has 1 heterocycles. The van der Waals surface area contributed by atoms with Gasteiger partial charge in [0.2, 0.25) is 5.91 Å². The Balaban J connectivity index is 1.98. The molecule has 5 heteroatoms. The van der Waals surface area contributed by atoms with Gasteiger partial charge in [-0.1, -0.05) is 19.1 Å². The number of allylic oxidation sites excluding steroid dienone is 1. The lowest BCUT2D eigenvalue weighted by Gasteiger charge is -2.13. The van der Waals surface area contributed by atoms with E-state index in [2.05, 4.69) is 10.3 Å². The fourth-order valence-electron chi connectivity index (χ4n) is 2.30. The van der Waals surface area contributed by atoms with Crippen molar-refractivity contribution in [2.24, 2.45) is 0 Å². The van der Waals surface area contributed by atoms with Crippen LogP contribution >= 0.6 is 0 Å². The van der Waals surface area contributed by atoms with Crippen molar-refractivity contribution >= 4 is 5.91 Å². The molecule has 0 radical (unpaired) electrons. The number of methoxy groups -OCH3 is 1. The Morgan fingerprint density at radius 2 is 1.92 bits per heavy atom. The summed E-state index contributed by atoms with van der Waals surface area (Å²) in [5.41, 5.74) is 2.71. The van der Waals surface area contributed by atoms with Crippen LogP contribution in [0.15, 0.2) is 54.4 Å². The third-order valence-electron chi connectivity index (χ3n) is 3.69. The topological polar surface area (TPSA) is 60.5 Å². The van der Waals surface area contributed by atoms with Crippen molar-refractivity contribution in [2.45, 2.75) is 33.4 Å². The van der Waals surface area contributed by atoms with Gasteiger partial charge < -0.3 is 14.8 Å². The number of hydrogen-bond donors (Lipinski definition) is 1. The van der Waals surface area contributed by atoms with Crippen molar-refractivity contribution in [1.29, 1.82) is 0 Å². The van der Waals surface area contributed by atoms with Crippen LogP contribution in [0.1, 0.15) is 31.4 Å². The summed E-state index contributed by atoms with van der Waals surface area (Å²) in [5.74, 6) is 1.25. The van der Waals surface area contributed by atoms with Crippen molar-refractivity contribution < 1.29 is 14.3 Å². The summed E-state index contributed by atoms with van der Waals surface area (Å²) in [6, 6.07) is 9.46. The number of aromatic nitrogens is 1. The lowest BCUT2D eigenvalue weighted by Crippen LogP contribution is -2.23. The number of nitrogens with one attached hydrogen (secondary N) is 1. The number of ether oxygens (including phenoxy) is 2. The summed E-state index contributed by atoms with van der Waals surface area (Å²) < 4.78 is 11.2. The second-order valence-corrected chi connectivity index (χ2v) is 5.61. The first-order valence-electron chi connectivity index (χ1n) is 8.27. The minimum atomic E-state index is -0.0566. The maximum Gasteiger partial charge on any atom is 0.246 e. The second kappa shape index (κ2) is 9.47.